The molecule has 3 unspecified atom stereocenters. The highest BCUT2D eigenvalue weighted by atomic mass is 32.2. The van der Waals surface area contributed by atoms with Crippen LogP contribution in [0.5, 0.6) is 0 Å². The summed E-state index contributed by atoms with van der Waals surface area (Å²) < 4.78 is 1.97. The molecule has 3 atom stereocenters. The molecule has 0 bridgehead atoms. The van der Waals surface area contributed by atoms with Crippen molar-refractivity contribution in [1.29, 1.82) is 0 Å². The summed E-state index contributed by atoms with van der Waals surface area (Å²) in [6, 6.07) is 0.272. The van der Waals surface area contributed by atoms with E-state index in [1.54, 1.807) is 0 Å². The molecule has 2 aliphatic carbocycles. The monoisotopic (exact) mass is 379 g/mol. The summed E-state index contributed by atoms with van der Waals surface area (Å²) in [7, 11) is 0. The molecule has 0 aromatic carbocycles. The highest BCUT2D eigenvalue weighted by molar-refractivity contribution is 8.00. The Balaban J connectivity index is 1.63. The summed E-state index contributed by atoms with van der Waals surface area (Å²) >= 11 is 1.41. The minimum atomic E-state index is -0.339. The lowest BCUT2D eigenvalue weighted by atomic mass is 9.86. The normalized spacial score (nSPS) is 24.2. The number of aromatic nitrogens is 3. The molecule has 2 amide bonds. The zero-order valence-corrected chi connectivity index (χ0v) is 16.4. The van der Waals surface area contributed by atoms with Crippen LogP contribution >= 0.6 is 11.8 Å². The van der Waals surface area contributed by atoms with Crippen molar-refractivity contribution in [3.63, 3.8) is 0 Å². The third kappa shape index (κ3) is 4.78. The Morgan fingerprint density at radius 1 is 1.27 bits per heavy atom. The largest absolute Gasteiger partial charge is 0.370 e. The van der Waals surface area contributed by atoms with Crippen LogP contribution in [0.15, 0.2) is 5.16 Å². The quantitative estimate of drug-likeness (QED) is 0.674. The molecule has 0 radical (unpaired) electrons. The molecule has 0 spiro atoms. The number of rotatable bonds is 8. The molecule has 2 aliphatic rings. The van der Waals surface area contributed by atoms with Crippen molar-refractivity contribution in [2.45, 2.75) is 87.7 Å². The number of hydrogen-bond donors (Lipinski definition) is 2. The van der Waals surface area contributed by atoms with Gasteiger partial charge in [0.25, 0.3) is 0 Å². The molecular weight excluding hydrogens is 350 g/mol. The number of thioether (sulfide) groups is 1. The number of nitrogens with one attached hydrogen (secondary N) is 1. The molecule has 0 saturated heterocycles. The van der Waals surface area contributed by atoms with Crippen LogP contribution in [0, 0.1) is 5.92 Å². The summed E-state index contributed by atoms with van der Waals surface area (Å²) in [6.07, 6.45) is 7.15. The maximum atomic E-state index is 12.6. The van der Waals surface area contributed by atoms with Crippen molar-refractivity contribution < 1.29 is 9.59 Å². The van der Waals surface area contributed by atoms with Gasteiger partial charge in [0.05, 0.1) is 5.25 Å². The van der Waals surface area contributed by atoms with E-state index in [0.717, 1.165) is 25.1 Å². The van der Waals surface area contributed by atoms with E-state index >= 15 is 0 Å². The van der Waals surface area contributed by atoms with Gasteiger partial charge in [0.15, 0.2) is 5.16 Å². The molecule has 1 aromatic heterocycles. The highest BCUT2D eigenvalue weighted by Crippen LogP contribution is 2.40. The van der Waals surface area contributed by atoms with Crippen LogP contribution in [0.25, 0.3) is 0 Å². The minimum Gasteiger partial charge on any atom is -0.370 e. The van der Waals surface area contributed by atoms with Gasteiger partial charge in [0.1, 0.15) is 5.82 Å². The van der Waals surface area contributed by atoms with Crippen molar-refractivity contribution in [3.05, 3.63) is 5.82 Å². The Bertz CT molecular complexity index is 658. The van der Waals surface area contributed by atoms with Gasteiger partial charge in [-0.25, -0.2) is 0 Å². The fraction of sp³-hybridized carbons (Fsp3) is 0.778. The van der Waals surface area contributed by atoms with Gasteiger partial charge in [-0.3, -0.25) is 9.59 Å². The van der Waals surface area contributed by atoms with Crippen LogP contribution in [0.3, 0.4) is 0 Å². The molecular formula is C18H29N5O2S. The number of nitrogens with two attached hydrogens (primary N) is 1. The molecule has 144 valence electrons. The Labute approximate surface area is 158 Å². The zero-order chi connectivity index (χ0) is 18.7. The second-order valence-corrected chi connectivity index (χ2v) is 8.93. The third-order valence-corrected chi connectivity index (χ3v) is 6.44. The van der Waals surface area contributed by atoms with Gasteiger partial charge in [0, 0.05) is 24.9 Å². The molecule has 1 aromatic rings. The first kappa shape index (κ1) is 19.2. The van der Waals surface area contributed by atoms with E-state index in [9.17, 15) is 9.59 Å². The number of hydrogen-bond acceptors (Lipinski definition) is 5. The van der Waals surface area contributed by atoms with E-state index in [-0.39, 0.29) is 29.5 Å². The van der Waals surface area contributed by atoms with E-state index in [1.165, 1.54) is 31.0 Å². The molecule has 3 N–H and O–H groups in total. The molecule has 7 nitrogen and oxygen atoms in total. The van der Waals surface area contributed by atoms with Crippen molar-refractivity contribution in [1.82, 2.24) is 20.1 Å². The maximum absolute atomic E-state index is 12.6. The van der Waals surface area contributed by atoms with Gasteiger partial charge >= 0.3 is 0 Å². The van der Waals surface area contributed by atoms with Crippen molar-refractivity contribution in [2.75, 3.05) is 0 Å². The lowest BCUT2D eigenvalue weighted by Crippen LogP contribution is -2.44. The average Bonchev–Trinajstić information content (AvgIpc) is 3.37. The first-order chi connectivity index (χ1) is 12.5. The smallest absolute Gasteiger partial charge is 0.233 e. The van der Waals surface area contributed by atoms with Gasteiger partial charge in [-0.1, -0.05) is 31.5 Å². The predicted molar refractivity (Wildman–Crippen MR) is 101 cm³/mol. The molecule has 3 rings (SSSR count). The van der Waals surface area contributed by atoms with Gasteiger partial charge in [-0.2, -0.15) is 0 Å². The van der Waals surface area contributed by atoms with Crippen LogP contribution in [-0.4, -0.2) is 37.9 Å². The third-order valence-electron chi connectivity index (χ3n) is 5.36. The SMILES string of the molecule is CC(Sc1nnc(C2CC2)n1CCC(N)=O)C(=O)NC1CCCCC1C. The lowest BCUT2D eigenvalue weighted by molar-refractivity contribution is -0.121. The van der Waals surface area contributed by atoms with Crippen LogP contribution in [-0.2, 0) is 16.1 Å². The Hall–Kier alpha value is -1.57. The van der Waals surface area contributed by atoms with E-state index in [4.69, 9.17) is 5.73 Å². The van der Waals surface area contributed by atoms with Crippen molar-refractivity contribution in [3.8, 4) is 0 Å². The van der Waals surface area contributed by atoms with Crippen molar-refractivity contribution >= 4 is 23.6 Å². The van der Waals surface area contributed by atoms with Crippen LogP contribution in [0.1, 0.15) is 70.5 Å². The Morgan fingerprint density at radius 3 is 2.65 bits per heavy atom. The highest BCUT2D eigenvalue weighted by Gasteiger charge is 2.32. The minimum absolute atomic E-state index is 0.0474. The number of nitrogens with zero attached hydrogens (tertiary/aromatic N) is 3. The second kappa shape index (κ2) is 8.41. The first-order valence-corrected chi connectivity index (χ1v) is 10.5. The van der Waals surface area contributed by atoms with Gasteiger partial charge in [-0.05, 0) is 38.5 Å². The second-order valence-electron chi connectivity index (χ2n) is 7.62. The van der Waals surface area contributed by atoms with E-state index < -0.39 is 0 Å². The van der Waals surface area contributed by atoms with Crippen LogP contribution in [0.2, 0.25) is 0 Å². The maximum Gasteiger partial charge on any atom is 0.233 e. The Kier molecular flexibility index (Phi) is 6.21. The Morgan fingerprint density at radius 2 is 2.00 bits per heavy atom. The standard InChI is InChI=1S/C18H29N5O2S/c1-11-5-3-4-6-14(11)20-17(25)12(2)26-18-22-21-16(13-7-8-13)23(18)10-9-15(19)24/h11-14H,3-10H2,1-2H3,(H2,19,24)(H,20,25). The molecule has 0 aliphatic heterocycles. The molecule has 26 heavy (non-hydrogen) atoms. The molecule has 1 heterocycles. The fourth-order valence-electron chi connectivity index (χ4n) is 3.51. The van der Waals surface area contributed by atoms with Gasteiger partial charge in [-0.15, -0.1) is 10.2 Å². The number of amides is 2. The van der Waals surface area contributed by atoms with Gasteiger partial charge < -0.3 is 15.6 Å². The lowest BCUT2D eigenvalue weighted by Gasteiger charge is -2.30. The van der Waals surface area contributed by atoms with E-state index in [2.05, 4.69) is 22.4 Å². The van der Waals surface area contributed by atoms with Crippen LogP contribution in [0.4, 0.5) is 0 Å². The first-order valence-electron chi connectivity index (χ1n) is 9.64. The summed E-state index contributed by atoms with van der Waals surface area (Å²) in [4.78, 5) is 23.8. The summed E-state index contributed by atoms with van der Waals surface area (Å²) in [5, 5.41) is 12.2. The van der Waals surface area contributed by atoms with E-state index in [1.807, 2.05) is 11.5 Å². The molecule has 8 heteroatoms. The summed E-state index contributed by atoms with van der Waals surface area (Å²) in [5.74, 6) is 1.59. The zero-order valence-electron chi connectivity index (χ0n) is 15.6. The number of primary amides is 1. The molecule has 2 fully saturated rings. The summed E-state index contributed by atoms with van der Waals surface area (Å²) in [5.41, 5.74) is 5.30. The fourth-order valence-corrected chi connectivity index (χ4v) is 4.40. The summed E-state index contributed by atoms with van der Waals surface area (Å²) in [6.45, 7) is 4.59. The number of carbonyl (C=O) groups is 2. The number of carbonyl (C=O) groups excluding carboxylic acids is 2. The van der Waals surface area contributed by atoms with Crippen LogP contribution < -0.4 is 11.1 Å². The van der Waals surface area contributed by atoms with Crippen molar-refractivity contribution in [2.24, 2.45) is 11.7 Å². The molecule has 2 saturated carbocycles. The average molecular weight is 380 g/mol. The van der Waals surface area contributed by atoms with E-state index in [0.29, 0.717) is 23.5 Å². The van der Waals surface area contributed by atoms with Gasteiger partial charge in [0.2, 0.25) is 11.8 Å². The predicted octanol–water partition coefficient (Wildman–Crippen LogP) is 2.21. The topological polar surface area (TPSA) is 103 Å².